The lowest BCUT2D eigenvalue weighted by Crippen LogP contribution is -2.32. The van der Waals surface area contributed by atoms with Gasteiger partial charge in [0.2, 0.25) is 0 Å². The number of anilines is 2. The molecule has 4 rings (SSSR count). The maximum Gasteiger partial charge on any atom is 0.141 e. The van der Waals surface area contributed by atoms with Gasteiger partial charge in [-0.05, 0) is 87.9 Å². The molecule has 1 aliphatic heterocycles. The minimum Gasteiger partial charge on any atom is -0.493 e. The van der Waals surface area contributed by atoms with Gasteiger partial charge >= 0.3 is 0 Å². The molecular weight excluding hydrogens is 428 g/mol. The van der Waals surface area contributed by atoms with Gasteiger partial charge in [0.05, 0.1) is 14.8 Å². The van der Waals surface area contributed by atoms with Crippen molar-refractivity contribution in [2.45, 2.75) is 26.6 Å². The highest BCUT2D eigenvalue weighted by Crippen LogP contribution is 2.31. The van der Waals surface area contributed by atoms with Crippen molar-refractivity contribution in [2.75, 3.05) is 31.9 Å². The van der Waals surface area contributed by atoms with E-state index < -0.39 is 38.2 Å². The first-order valence-electron chi connectivity index (χ1n) is 14.3. The number of nitrogens with one attached hydrogen (secondary N) is 1. The van der Waals surface area contributed by atoms with E-state index in [2.05, 4.69) is 31.2 Å². The van der Waals surface area contributed by atoms with Gasteiger partial charge in [-0.2, -0.15) is 0 Å². The summed E-state index contributed by atoms with van der Waals surface area (Å²) in [7, 11) is 0.847. The van der Waals surface area contributed by atoms with Gasteiger partial charge < -0.3 is 15.0 Å². The minimum atomic E-state index is -3.72. The van der Waals surface area contributed by atoms with Crippen LogP contribution in [-0.4, -0.2) is 41.5 Å². The molecule has 0 spiro atoms. The van der Waals surface area contributed by atoms with Gasteiger partial charge in [-0.15, -0.1) is 0 Å². The molecule has 6 heteroatoms. The van der Waals surface area contributed by atoms with Gasteiger partial charge in [0, 0.05) is 33.9 Å². The maximum absolute atomic E-state index is 8.81. The summed E-state index contributed by atoms with van der Waals surface area (Å²) in [6, 6.07) is 8.56. The van der Waals surface area contributed by atoms with Crippen LogP contribution in [0.1, 0.15) is 39.0 Å². The molecular formula is C23H27BrN4O. The summed E-state index contributed by atoms with van der Waals surface area (Å²) in [6.45, 7) is -6.66. The van der Waals surface area contributed by atoms with Crippen molar-refractivity contribution >= 4 is 38.3 Å². The number of aromatic nitrogens is 2. The van der Waals surface area contributed by atoms with E-state index in [1.165, 1.54) is 12.4 Å². The molecule has 1 aliphatic rings. The van der Waals surface area contributed by atoms with E-state index in [9.17, 15) is 0 Å². The predicted octanol–water partition coefficient (Wildman–Crippen LogP) is 5.47. The fraction of sp³-hybridized carbons (Fsp3) is 0.391. The van der Waals surface area contributed by atoms with Crippen molar-refractivity contribution in [3.63, 3.8) is 0 Å². The Morgan fingerprint density at radius 3 is 2.79 bits per heavy atom. The van der Waals surface area contributed by atoms with Gasteiger partial charge in [0.1, 0.15) is 17.9 Å². The van der Waals surface area contributed by atoms with Crippen LogP contribution >= 0.6 is 15.9 Å². The van der Waals surface area contributed by atoms with E-state index in [1.54, 1.807) is 13.0 Å². The summed E-state index contributed by atoms with van der Waals surface area (Å²) >= 11 is 3.42. The van der Waals surface area contributed by atoms with Crippen LogP contribution in [0.4, 0.5) is 11.5 Å². The molecule has 0 saturated carbocycles. The van der Waals surface area contributed by atoms with Gasteiger partial charge in [-0.3, -0.25) is 0 Å². The summed E-state index contributed by atoms with van der Waals surface area (Å²) < 4.78 is 99.0. The number of hydrogen-bond donors (Lipinski definition) is 1. The fourth-order valence-corrected chi connectivity index (χ4v) is 3.27. The second-order valence-electron chi connectivity index (χ2n) is 6.55. The predicted molar refractivity (Wildman–Crippen MR) is 122 cm³/mol. The first kappa shape index (κ1) is 10.7. The molecule has 152 valence electrons. The van der Waals surface area contributed by atoms with E-state index in [0.717, 1.165) is 22.8 Å². The SMILES string of the molecule is [2H]C([2H])(Oc1cc2ncnc(Nc3ccc(Br)cc3C)c2cc1C)C1([2H])C([2H])([2H])C([2H])([2H])N(C)C([2H])([2H])C1([2H])[2H]. The van der Waals surface area contributed by atoms with Gasteiger partial charge in [0.15, 0.2) is 0 Å². The molecule has 0 bridgehead atoms. The van der Waals surface area contributed by atoms with E-state index in [0.29, 0.717) is 22.3 Å². The van der Waals surface area contributed by atoms with Crippen LogP contribution in [0.3, 0.4) is 0 Å². The van der Waals surface area contributed by atoms with Gasteiger partial charge in [0.25, 0.3) is 0 Å². The van der Waals surface area contributed by atoms with Crippen molar-refractivity contribution in [1.82, 2.24) is 14.9 Å². The first-order chi connectivity index (χ1) is 18.1. The molecule has 0 atom stereocenters. The highest BCUT2D eigenvalue weighted by atomic mass is 79.9. The Balaban J connectivity index is 1.80. The summed E-state index contributed by atoms with van der Waals surface area (Å²) in [4.78, 5) is 8.73. The van der Waals surface area contributed by atoms with Crippen LogP contribution in [0.15, 0.2) is 41.1 Å². The zero-order valence-corrected chi connectivity index (χ0v) is 17.7. The monoisotopic (exact) mass is 465 g/mol. The summed E-state index contributed by atoms with van der Waals surface area (Å²) in [5, 5.41) is 3.77. The molecule has 2 aromatic carbocycles. The summed E-state index contributed by atoms with van der Waals surface area (Å²) in [6.07, 6.45) is -5.89. The Morgan fingerprint density at radius 2 is 2.03 bits per heavy atom. The topological polar surface area (TPSA) is 50.3 Å². The van der Waals surface area contributed by atoms with Crippen LogP contribution in [0.25, 0.3) is 10.9 Å². The fourth-order valence-electron chi connectivity index (χ4n) is 2.79. The number of ether oxygens (including phenoxy) is 1. The smallest absolute Gasteiger partial charge is 0.141 e. The Kier molecular flexibility index (Phi) is 3.21. The van der Waals surface area contributed by atoms with Crippen LogP contribution in [0.5, 0.6) is 5.75 Å². The number of benzene rings is 2. The molecule has 0 aliphatic carbocycles. The molecule has 29 heavy (non-hydrogen) atoms. The summed E-state index contributed by atoms with van der Waals surface area (Å²) in [5.41, 5.74) is 2.32. The first-order valence-corrected chi connectivity index (χ1v) is 9.64. The third-order valence-corrected chi connectivity index (χ3v) is 4.83. The lowest BCUT2D eigenvalue weighted by atomic mass is 9.98. The zero-order chi connectivity index (χ0) is 30.3. The number of fused-ring (bicyclic) bond motifs is 1. The van der Waals surface area contributed by atoms with Crippen LogP contribution < -0.4 is 10.1 Å². The maximum atomic E-state index is 8.81. The highest BCUT2D eigenvalue weighted by molar-refractivity contribution is 9.10. The number of piperidine rings is 1. The van der Waals surface area contributed by atoms with Crippen molar-refractivity contribution < 1.29 is 19.8 Å². The Bertz CT molecular complexity index is 1460. The molecule has 0 amide bonds. The molecule has 1 aromatic heterocycles. The van der Waals surface area contributed by atoms with Crippen LogP contribution in [-0.2, 0) is 0 Å². The molecule has 0 radical (unpaired) electrons. The number of halogens is 1. The number of likely N-dealkylation sites (tertiary alicyclic amines) is 1. The normalized spacial score (nSPS) is 29.7. The number of hydrogen-bond acceptors (Lipinski definition) is 5. The quantitative estimate of drug-likeness (QED) is 0.540. The molecule has 3 aromatic rings. The Hall–Kier alpha value is -2.18. The van der Waals surface area contributed by atoms with Crippen molar-refractivity contribution in [1.29, 1.82) is 0 Å². The van der Waals surface area contributed by atoms with Crippen molar-refractivity contribution in [3.05, 3.63) is 52.3 Å². The second-order valence-corrected chi connectivity index (χ2v) is 7.47. The molecule has 1 N–H and O–H groups in total. The van der Waals surface area contributed by atoms with Gasteiger partial charge in [-0.25, -0.2) is 9.97 Å². The van der Waals surface area contributed by atoms with E-state index in [4.69, 9.17) is 19.8 Å². The third-order valence-electron chi connectivity index (χ3n) is 4.33. The Morgan fingerprint density at radius 1 is 1.24 bits per heavy atom. The van der Waals surface area contributed by atoms with E-state index in [1.807, 2.05) is 25.1 Å². The number of aryl methyl sites for hydroxylation is 2. The highest BCUT2D eigenvalue weighted by Gasteiger charge is 2.18. The van der Waals surface area contributed by atoms with Crippen molar-refractivity contribution in [3.8, 4) is 5.75 Å². The molecule has 1 fully saturated rings. The van der Waals surface area contributed by atoms with Crippen molar-refractivity contribution in [2.24, 2.45) is 5.89 Å². The molecule has 1 saturated heterocycles. The van der Waals surface area contributed by atoms with Crippen LogP contribution in [0, 0.1) is 19.7 Å². The minimum absolute atomic E-state index is 0.208. The van der Waals surface area contributed by atoms with Gasteiger partial charge in [-0.1, -0.05) is 15.9 Å². The van der Waals surface area contributed by atoms with Crippen LogP contribution in [0.2, 0.25) is 0 Å². The Labute approximate surface area is 196 Å². The van der Waals surface area contributed by atoms with E-state index in [-0.39, 0.29) is 10.6 Å². The molecule has 0 unspecified atom stereocenters. The third kappa shape index (κ3) is 4.70. The zero-order valence-electron chi connectivity index (χ0n) is 27.1. The lowest BCUT2D eigenvalue weighted by molar-refractivity contribution is 0.159. The van der Waals surface area contributed by atoms with E-state index >= 15 is 0 Å². The standard InChI is InChI=1S/C23H27BrN4O/c1-15-10-18(24)4-5-20(15)27-23-19-11-16(2)22(12-21(19)25-14-26-23)29-13-17-6-8-28(3)9-7-17/h4-5,10-12,14,17H,6-9,13H2,1-3H3,(H,25,26,27)/i6D2,7D2,8D2,9D2,13D2,17D. The summed E-state index contributed by atoms with van der Waals surface area (Å²) in [5.74, 6) is -3.49. The molecule has 2 heterocycles. The number of nitrogens with zero attached hydrogens (tertiary/aromatic N) is 3. The lowest BCUT2D eigenvalue weighted by Gasteiger charge is -2.28. The largest absolute Gasteiger partial charge is 0.493 e. The average Bonchev–Trinajstić information content (AvgIpc) is 2.84. The number of rotatable bonds is 5. The molecule has 5 nitrogen and oxygen atoms in total. The average molecular weight is 466 g/mol. The second kappa shape index (κ2) is 8.67.